The van der Waals surface area contributed by atoms with Crippen molar-refractivity contribution >= 4 is 11.8 Å². The predicted molar refractivity (Wildman–Crippen MR) is 88.7 cm³/mol. The maximum absolute atomic E-state index is 12.6. The number of ether oxygens (including phenoxy) is 1. The monoisotopic (exact) mass is 350 g/mol. The third kappa shape index (κ3) is 4.00. The summed E-state index contributed by atoms with van der Waals surface area (Å²) in [5.41, 5.74) is 1.27. The number of piperidine rings is 2. The molecule has 1 aromatic heterocycles. The van der Waals surface area contributed by atoms with E-state index in [-0.39, 0.29) is 24.3 Å². The molecule has 2 fully saturated rings. The number of methoxy groups -OCH3 is 1. The van der Waals surface area contributed by atoms with Gasteiger partial charge in [0.15, 0.2) is 0 Å². The molecule has 0 aromatic carbocycles. The maximum Gasteiger partial charge on any atom is 0.228 e. The Kier molecular flexibility index (Phi) is 5.67. The van der Waals surface area contributed by atoms with E-state index in [1.807, 2.05) is 9.80 Å². The standard InChI is InChI=1S/C17H26N4O4/c1-12-14(19-25-18-12)10-17(23)20-8-6-15-13(11-20)4-5-16(22)21(15)7-3-9-24-2/h13,15H,3-11H2,1-2H3/t13-,15+/m0/s1. The van der Waals surface area contributed by atoms with Crippen LogP contribution >= 0.6 is 0 Å². The lowest BCUT2D eigenvalue weighted by atomic mass is 9.83. The summed E-state index contributed by atoms with van der Waals surface area (Å²) in [6, 6.07) is 0.248. The zero-order valence-electron chi connectivity index (χ0n) is 14.9. The molecule has 2 amide bonds. The molecule has 3 heterocycles. The normalized spacial score (nSPS) is 23.7. The van der Waals surface area contributed by atoms with Crippen molar-refractivity contribution in [2.45, 2.75) is 45.1 Å². The minimum atomic E-state index is 0.0556. The van der Waals surface area contributed by atoms with Gasteiger partial charge in [0, 0.05) is 45.8 Å². The van der Waals surface area contributed by atoms with Gasteiger partial charge in [0.25, 0.3) is 0 Å². The zero-order valence-corrected chi connectivity index (χ0v) is 14.9. The Bertz CT molecular complexity index is 618. The molecule has 8 nitrogen and oxygen atoms in total. The van der Waals surface area contributed by atoms with Crippen LogP contribution in [0.3, 0.4) is 0 Å². The molecular weight excluding hydrogens is 324 g/mol. The van der Waals surface area contributed by atoms with Gasteiger partial charge in [-0.1, -0.05) is 10.3 Å². The zero-order chi connectivity index (χ0) is 17.8. The van der Waals surface area contributed by atoms with Crippen molar-refractivity contribution in [3.05, 3.63) is 11.4 Å². The topological polar surface area (TPSA) is 88.8 Å². The molecule has 3 rings (SSSR count). The first-order valence-electron chi connectivity index (χ1n) is 8.94. The van der Waals surface area contributed by atoms with E-state index in [4.69, 9.17) is 4.74 Å². The average molecular weight is 350 g/mol. The number of hydrogen-bond donors (Lipinski definition) is 0. The van der Waals surface area contributed by atoms with Crippen LogP contribution < -0.4 is 0 Å². The van der Waals surface area contributed by atoms with Gasteiger partial charge in [0.2, 0.25) is 11.8 Å². The van der Waals surface area contributed by atoms with Gasteiger partial charge in [-0.2, -0.15) is 0 Å². The predicted octanol–water partition coefficient (Wildman–Crippen LogP) is 0.797. The van der Waals surface area contributed by atoms with Crippen molar-refractivity contribution in [1.82, 2.24) is 20.1 Å². The van der Waals surface area contributed by atoms with E-state index in [0.717, 1.165) is 25.8 Å². The summed E-state index contributed by atoms with van der Waals surface area (Å²) in [5, 5.41) is 7.52. The van der Waals surface area contributed by atoms with Crippen molar-refractivity contribution in [3.63, 3.8) is 0 Å². The van der Waals surface area contributed by atoms with Crippen LogP contribution in [-0.2, 0) is 20.7 Å². The first-order valence-corrected chi connectivity index (χ1v) is 8.94. The van der Waals surface area contributed by atoms with Gasteiger partial charge in [-0.15, -0.1) is 0 Å². The number of fused-ring (bicyclic) bond motifs is 1. The van der Waals surface area contributed by atoms with Gasteiger partial charge in [0.1, 0.15) is 11.4 Å². The molecule has 0 aliphatic carbocycles. The summed E-state index contributed by atoms with van der Waals surface area (Å²) in [5.74, 6) is 0.649. The molecule has 0 bridgehead atoms. The Morgan fingerprint density at radius 1 is 1.36 bits per heavy atom. The first kappa shape index (κ1) is 17.8. The Morgan fingerprint density at radius 2 is 2.20 bits per heavy atom. The number of likely N-dealkylation sites (tertiary alicyclic amines) is 2. The highest BCUT2D eigenvalue weighted by molar-refractivity contribution is 5.79. The largest absolute Gasteiger partial charge is 0.385 e. The van der Waals surface area contributed by atoms with Crippen LogP contribution in [0, 0.1) is 12.8 Å². The smallest absolute Gasteiger partial charge is 0.228 e. The second-order valence-corrected chi connectivity index (χ2v) is 6.90. The van der Waals surface area contributed by atoms with Crippen molar-refractivity contribution < 1.29 is 19.0 Å². The molecule has 2 aliphatic heterocycles. The van der Waals surface area contributed by atoms with Crippen molar-refractivity contribution in [2.75, 3.05) is 33.4 Å². The lowest BCUT2D eigenvalue weighted by molar-refractivity contribution is -0.144. The van der Waals surface area contributed by atoms with Crippen molar-refractivity contribution in [1.29, 1.82) is 0 Å². The molecule has 25 heavy (non-hydrogen) atoms. The quantitative estimate of drug-likeness (QED) is 0.705. The SMILES string of the molecule is COCCCN1C(=O)CC[C@H]2CN(C(=O)Cc3nonc3C)CC[C@H]21. The number of amides is 2. The van der Waals surface area contributed by atoms with E-state index in [2.05, 4.69) is 14.9 Å². The van der Waals surface area contributed by atoms with E-state index in [1.54, 1.807) is 14.0 Å². The molecule has 0 N–H and O–H groups in total. The third-order valence-electron chi connectivity index (χ3n) is 5.31. The Balaban J connectivity index is 1.58. The van der Waals surface area contributed by atoms with Crippen LogP contribution in [0.1, 0.15) is 37.1 Å². The van der Waals surface area contributed by atoms with E-state index in [9.17, 15) is 9.59 Å². The molecule has 8 heteroatoms. The van der Waals surface area contributed by atoms with E-state index in [1.165, 1.54) is 0 Å². The maximum atomic E-state index is 12.6. The second-order valence-electron chi connectivity index (χ2n) is 6.90. The summed E-state index contributed by atoms with van der Waals surface area (Å²) in [7, 11) is 1.68. The average Bonchev–Trinajstić information content (AvgIpc) is 3.01. The fourth-order valence-corrected chi connectivity index (χ4v) is 3.91. The third-order valence-corrected chi connectivity index (χ3v) is 5.31. The number of hydrogen-bond acceptors (Lipinski definition) is 6. The molecule has 2 saturated heterocycles. The van der Waals surface area contributed by atoms with Crippen LogP contribution in [0.25, 0.3) is 0 Å². The number of nitrogens with zero attached hydrogens (tertiary/aromatic N) is 4. The molecule has 0 spiro atoms. The Labute approximate surface area is 147 Å². The summed E-state index contributed by atoms with van der Waals surface area (Å²) in [6.07, 6.45) is 3.35. The molecule has 0 unspecified atom stereocenters. The Morgan fingerprint density at radius 3 is 2.92 bits per heavy atom. The number of aryl methyl sites for hydroxylation is 1. The van der Waals surface area contributed by atoms with Crippen LogP contribution in [0.4, 0.5) is 0 Å². The molecule has 138 valence electrons. The lowest BCUT2D eigenvalue weighted by Crippen LogP contribution is -2.57. The van der Waals surface area contributed by atoms with Gasteiger partial charge in [-0.05, 0) is 32.1 Å². The summed E-state index contributed by atoms with van der Waals surface area (Å²) in [6.45, 7) is 4.58. The van der Waals surface area contributed by atoms with Gasteiger partial charge >= 0.3 is 0 Å². The van der Waals surface area contributed by atoms with Gasteiger partial charge < -0.3 is 14.5 Å². The fourth-order valence-electron chi connectivity index (χ4n) is 3.91. The summed E-state index contributed by atoms with van der Waals surface area (Å²) < 4.78 is 9.77. The fraction of sp³-hybridized carbons (Fsp3) is 0.765. The van der Waals surface area contributed by atoms with E-state index < -0.39 is 0 Å². The van der Waals surface area contributed by atoms with Crippen molar-refractivity contribution in [3.8, 4) is 0 Å². The second kappa shape index (κ2) is 7.95. The Hall–Kier alpha value is -1.96. The van der Waals surface area contributed by atoms with E-state index >= 15 is 0 Å². The number of carbonyl (C=O) groups excluding carboxylic acids is 2. The molecule has 1 aromatic rings. The highest BCUT2D eigenvalue weighted by Gasteiger charge is 2.40. The number of aromatic nitrogens is 2. The van der Waals surface area contributed by atoms with Gasteiger partial charge in [0.05, 0.1) is 6.42 Å². The van der Waals surface area contributed by atoms with Gasteiger partial charge in [-0.3, -0.25) is 9.59 Å². The minimum absolute atomic E-state index is 0.0556. The summed E-state index contributed by atoms with van der Waals surface area (Å²) >= 11 is 0. The first-order chi connectivity index (χ1) is 12.1. The van der Waals surface area contributed by atoms with Crippen LogP contribution in [0.5, 0.6) is 0 Å². The number of rotatable bonds is 6. The number of carbonyl (C=O) groups is 2. The van der Waals surface area contributed by atoms with Gasteiger partial charge in [-0.25, -0.2) is 4.63 Å². The molecule has 0 radical (unpaired) electrons. The molecule has 0 saturated carbocycles. The van der Waals surface area contributed by atoms with E-state index in [0.29, 0.717) is 43.4 Å². The minimum Gasteiger partial charge on any atom is -0.385 e. The summed E-state index contributed by atoms with van der Waals surface area (Å²) in [4.78, 5) is 28.8. The van der Waals surface area contributed by atoms with Crippen LogP contribution in [0.2, 0.25) is 0 Å². The van der Waals surface area contributed by atoms with Crippen LogP contribution in [0.15, 0.2) is 4.63 Å². The van der Waals surface area contributed by atoms with Crippen molar-refractivity contribution in [2.24, 2.45) is 5.92 Å². The van der Waals surface area contributed by atoms with Crippen LogP contribution in [-0.4, -0.2) is 71.3 Å². The molecule has 2 aliphatic rings. The molecular formula is C17H26N4O4. The molecule has 2 atom stereocenters. The highest BCUT2D eigenvalue weighted by Crippen LogP contribution is 2.31. The lowest BCUT2D eigenvalue weighted by Gasteiger charge is -2.47. The highest BCUT2D eigenvalue weighted by atomic mass is 16.6.